The molecule has 1 heterocycles. The van der Waals surface area contributed by atoms with Crippen LogP contribution in [-0.4, -0.2) is 30.6 Å². The van der Waals surface area contributed by atoms with Crippen LogP contribution >= 0.6 is 15.9 Å². The molecule has 1 amide bonds. The summed E-state index contributed by atoms with van der Waals surface area (Å²) >= 11 is 3.39. The molecule has 1 fully saturated rings. The molecular weight excluding hydrogens is 456 g/mol. The zero-order valence-corrected chi connectivity index (χ0v) is 17.8. The van der Waals surface area contributed by atoms with Gasteiger partial charge in [-0.25, -0.2) is 13.1 Å². The van der Waals surface area contributed by atoms with Crippen molar-refractivity contribution < 1.29 is 13.2 Å². The molecule has 9 heteroatoms. The van der Waals surface area contributed by atoms with E-state index in [2.05, 4.69) is 36.2 Å². The number of nitrogens with zero attached hydrogens (tertiary/aromatic N) is 1. The fourth-order valence-corrected chi connectivity index (χ4v) is 4.33. The van der Waals surface area contributed by atoms with Gasteiger partial charge < -0.3 is 5.32 Å². The maximum atomic E-state index is 12.4. The molecule has 1 aromatic heterocycles. The van der Waals surface area contributed by atoms with Crippen molar-refractivity contribution in [1.82, 2.24) is 20.2 Å². The average molecular weight is 475 g/mol. The molecule has 0 bridgehead atoms. The van der Waals surface area contributed by atoms with Crippen LogP contribution in [0.3, 0.4) is 0 Å². The number of hydrogen-bond acceptors (Lipinski definition) is 4. The van der Waals surface area contributed by atoms with Gasteiger partial charge >= 0.3 is 0 Å². The largest absolute Gasteiger partial charge is 0.347 e. The highest BCUT2D eigenvalue weighted by Crippen LogP contribution is 2.22. The van der Waals surface area contributed by atoms with Gasteiger partial charge in [0.15, 0.2) is 0 Å². The number of hydrogen-bond donors (Lipinski definition) is 3. The van der Waals surface area contributed by atoms with E-state index in [0.29, 0.717) is 11.4 Å². The Morgan fingerprint density at radius 2 is 1.79 bits per heavy atom. The van der Waals surface area contributed by atoms with Crippen LogP contribution in [0.15, 0.2) is 64.0 Å². The van der Waals surface area contributed by atoms with Crippen molar-refractivity contribution in [3.63, 3.8) is 0 Å². The standard InChI is InChI=1S/C20H19BrN4O3S/c21-15-5-3-14(4-6-15)18-11-19(24-23-18)20(26)22-12-13-1-9-17(10-2-13)29(27,28)25-16-7-8-16/h1-6,9-11,16,25H,7-8,12H2,(H,22,26)(H,23,24). The number of H-pyrrole nitrogens is 1. The Morgan fingerprint density at radius 3 is 2.45 bits per heavy atom. The highest BCUT2D eigenvalue weighted by molar-refractivity contribution is 9.10. The third kappa shape index (κ3) is 4.92. The van der Waals surface area contributed by atoms with Crippen LogP contribution in [0.2, 0.25) is 0 Å². The molecule has 1 aliphatic carbocycles. The zero-order valence-electron chi connectivity index (χ0n) is 15.4. The SMILES string of the molecule is O=C(NCc1ccc(S(=O)(=O)NC2CC2)cc1)c1cc(-c2ccc(Br)cc2)n[nH]1. The van der Waals surface area contributed by atoms with Crippen molar-refractivity contribution in [3.05, 3.63) is 70.3 Å². The van der Waals surface area contributed by atoms with E-state index in [1.54, 1.807) is 30.3 Å². The second-order valence-electron chi connectivity index (χ2n) is 6.90. The first-order valence-electron chi connectivity index (χ1n) is 9.11. The van der Waals surface area contributed by atoms with Gasteiger partial charge in [-0.3, -0.25) is 9.89 Å². The van der Waals surface area contributed by atoms with Gasteiger partial charge in [0.05, 0.1) is 10.6 Å². The molecule has 29 heavy (non-hydrogen) atoms. The average Bonchev–Trinajstić information content (AvgIpc) is 3.37. The Labute approximate surface area is 177 Å². The van der Waals surface area contributed by atoms with Crippen molar-refractivity contribution in [3.8, 4) is 11.3 Å². The lowest BCUT2D eigenvalue weighted by Gasteiger charge is -2.07. The van der Waals surface area contributed by atoms with Crippen LogP contribution in [0, 0.1) is 0 Å². The van der Waals surface area contributed by atoms with Gasteiger partial charge in [0, 0.05) is 22.6 Å². The van der Waals surface area contributed by atoms with Crippen molar-refractivity contribution in [2.75, 3.05) is 0 Å². The number of sulfonamides is 1. The lowest BCUT2D eigenvalue weighted by molar-refractivity contribution is 0.0946. The maximum Gasteiger partial charge on any atom is 0.269 e. The Balaban J connectivity index is 1.36. The summed E-state index contributed by atoms with van der Waals surface area (Å²) < 4.78 is 28.0. The van der Waals surface area contributed by atoms with Crippen molar-refractivity contribution >= 4 is 31.9 Å². The summed E-state index contributed by atoms with van der Waals surface area (Å²) in [7, 11) is -3.47. The van der Waals surface area contributed by atoms with E-state index in [1.807, 2.05) is 24.3 Å². The molecule has 0 saturated heterocycles. The highest BCUT2D eigenvalue weighted by Gasteiger charge is 2.27. The molecule has 0 unspecified atom stereocenters. The Hall–Kier alpha value is -2.49. The minimum atomic E-state index is -3.47. The number of amides is 1. The molecule has 2 aromatic carbocycles. The fourth-order valence-electron chi connectivity index (χ4n) is 2.76. The minimum absolute atomic E-state index is 0.0654. The van der Waals surface area contributed by atoms with E-state index in [0.717, 1.165) is 28.4 Å². The van der Waals surface area contributed by atoms with Crippen molar-refractivity contribution in [2.24, 2.45) is 0 Å². The maximum absolute atomic E-state index is 12.4. The Morgan fingerprint density at radius 1 is 1.10 bits per heavy atom. The van der Waals surface area contributed by atoms with E-state index in [4.69, 9.17) is 0 Å². The topological polar surface area (TPSA) is 104 Å². The van der Waals surface area contributed by atoms with E-state index < -0.39 is 10.0 Å². The van der Waals surface area contributed by atoms with Crippen LogP contribution in [0.5, 0.6) is 0 Å². The lowest BCUT2D eigenvalue weighted by atomic mass is 10.1. The van der Waals surface area contributed by atoms with Crippen molar-refractivity contribution in [1.29, 1.82) is 0 Å². The molecule has 0 aliphatic heterocycles. The normalized spacial score (nSPS) is 14.0. The fraction of sp³-hybridized carbons (Fsp3) is 0.200. The van der Waals surface area contributed by atoms with Gasteiger partial charge in [-0.2, -0.15) is 5.10 Å². The van der Waals surface area contributed by atoms with Gasteiger partial charge in [0.1, 0.15) is 5.69 Å². The first-order valence-corrected chi connectivity index (χ1v) is 11.4. The molecule has 0 spiro atoms. The van der Waals surface area contributed by atoms with Crippen molar-refractivity contribution in [2.45, 2.75) is 30.3 Å². The van der Waals surface area contributed by atoms with Gasteiger partial charge in [-0.1, -0.05) is 40.2 Å². The third-order valence-corrected chi connectivity index (χ3v) is 6.61. The second-order valence-corrected chi connectivity index (χ2v) is 9.53. The van der Waals surface area contributed by atoms with Crippen LogP contribution in [-0.2, 0) is 16.6 Å². The summed E-state index contributed by atoms with van der Waals surface area (Å²) in [6, 6.07) is 15.9. The van der Waals surface area contributed by atoms with E-state index in [-0.39, 0.29) is 23.4 Å². The van der Waals surface area contributed by atoms with Gasteiger partial charge in [0.2, 0.25) is 10.0 Å². The summed E-state index contributed by atoms with van der Waals surface area (Å²) in [6.07, 6.45) is 1.78. The molecule has 4 rings (SSSR count). The van der Waals surface area contributed by atoms with Gasteiger partial charge in [-0.05, 0) is 48.7 Å². The lowest BCUT2D eigenvalue weighted by Crippen LogP contribution is -2.26. The molecule has 1 aliphatic rings. The smallest absolute Gasteiger partial charge is 0.269 e. The van der Waals surface area contributed by atoms with Gasteiger partial charge in [0.25, 0.3) is 5.91 Å². The number of rotatable bonds is 7. The number of aromatic amines is 1. The molecule has 3 aromatic rings. The number of aromatic nitrogens is 2. The quantitative estimate of drug-likeness (QED) is 0.488. The highest BCUT2D eigenvalue weighted by atomic mass is 79.9. The number of halogens is 1. The third-order valence-electron chi connectivity index (χ3n) is 4.55. The molecule has 1 saturated carbocycles. The first kappa shape index (κ1) is 19.8. The summed E-state index contributed by atoms with van der Waals surface area (Å²) in [5.74, 6) is -0.284. The summed E-state index contributed by atoms with van der Waals surface area (Å²) in [5, 5.41) is 9.74. The molecule has 150 valence electrons. The molecule has 7 nitrogen and oxygen atoms in total. The zero-order chi connectivity index (χ0) is 20.4. The number of benzene rings is 2. The van der Waals surface area contributed by atoms with E-state index >= 15 is 0 Å². The van der Waals surface area contributed by atoms with Crippen LogP contribution in [0.1, 0.15) is 28.9 Å². The predicted octanol–water partition coefficient (Wildman–Crippen LogP) is 3.21. The minimum Gasteiger partial charge on any atom is -0.347 e. The summed E-state index contributed by atoms with van der Waals surface area (Å²) in [4.78, 5) is 12.6. The number of carbonyl (C=O) groups excluding carboxylic acids is 1. The van der Waals surface area contributed by atoms with Crippen LogP contribution in [0.25, 0.3) is 11.3 Å². The van der Waals surface area contributed by atoms with Crippen LogP contribution < -0.4 is 10.0 Å². The summed E-state index contributed by atoms with van der Waals surface area (Å²) in [6.45, 7) is 0.280. The monoisotopic (exact) mass is 474 g/mol. The second kappa shape index (κ2) is 8.10. The Bertz CT molecular complexity index is 1120. The number of carbonyl (C=O) groups is 1. The molecule has 3 N–H and O–H groups in total. The first-order chi connectivity index (χ1) is 13.9. The van der Waals surface area contributed by atoms with Gasteiger partial charge in [-0.15, -0.1) is 0 Å². The van der Waals surface area contributed by atoms with Crippen LogP contribution in [0.4, 0.5) is 0 Å². The van der Waals surface area contributed by atoms with E-state index in [9.17, 15) is 13.2 Å². The predicted molar refractivity (Wildman–Crippen MR) is 113 cm³/mol. The molecular formula is C20H19BrN4O3S. The van der Waals surface area contributed by atoms with E-state index in [1.165, 1.54) is 0 Å². The molecule has 0 atom stereocenters. The number of nitrogens with one attached hydrogen (secondary N) is 3. The Kier molecular flexibility index (Phi) is 5.53. The summed E-state index contributed by atoms with van der Waals surface area (Å²) in [5.41, 5.74) is 2.74. The molecule has 0 radical (unpaired) electrons.